The fraction of sp³-hybridized carbons (Fsp3) is 0.158. The fourth-order valence-electron chi connectivity index (χ4n) is 2.67. The van der Waals surface area contributed by atoms with E-state index in [0.29, 0.717) is 22.5 Å². The molecule has 0 aliphatic heterocycles. The first-order valence-electron chi connectivity index (χ1n) is 8.02. The molecular formula is C19H19N3O3S. The molecule has 1 N–H and O–H groups in total. The lowest BCUT2D eigenvalue weighted by atomic mass is 10.0. The van der Waals surface area contributed by atoms with E-state index in [0.717, 1.165) is 5.56 Å². The van der Waals surface area contributed by atoms with Gasteiger partial charge in [0.2, 0.25) is 0 Å². The SMILES string of the molecule is Cc1cc(-c2ccc(=O)[nH]n2)cc(S(=O)(=O)N(C)c2ccccc2)c1C. The normalized spacial score (nSPS) is 11.3. The van der Waals surface area contributed by atoms with E-state index in [1.807, 2.05) is 19.1 Å². The zero-order valence-electron chi connectivity index (χ0n) is 14.7. The van der Waals surface area contributed by atoms with Crippen molar-refractivity contribution in [3.05, 3.63) is 76.1 Å². The Bertz CT molecular complexity index is 1090. The van der Waals surface area contributed by atoms with Gasteiger partial charge < -0.3 is 0 Å². The number of H-pyrrole nitrogens is 1. The number of rotatable bonds is 4. The molecule has 26 heavy (non-hydrogen) atoms. The number of hydrogen-bond acceptors (Lipinski definition) is 4. The molecule has 0 saturated heterocycles. The third kappa shape index (κ3) is 3.25. The largest absolute Gasteiger partial charge is 0.269 e. The van der Waals surface area contributed by atoms with Gasteiger partial charge in [-0.2, -0.15) is 5.10 Å². The summed E-state index contributed by atoms with van der Waals surface area (Å²) < 4.78 is 27.6. The van der Waals surface area contributed by atoms with Gasteiger partial charge in [0.1, 0.15) is 0 Å². The maximum atomic E-state index is 13.2. The minimum atomic E-state index is -3.75. The molecule has 0 bridgehead atoms. The molecule has 1 heterocycles. The Morgan fingerprint density at radius 3 is 2.31 bits per heavy atom. The highest BCUT2D eigenvalue weighted by Crippen LogP contribution is 2.30. The first kappa shape index (κ1) is 17.9. The molecule has 0 fully saturated rings. The van der Waals surface area contributed by atoms with E-state index in [-0.39, 0.29) is 10.5 Å². The Hall–Kier alpha value is -2.93. The van der Waals surface area contributed by atoms with Gasteiger partial charge in [-0.15, -0.1) is 0 Å². The standard InChI is InChI=1S/C19H19N3O3S/c1-13-11-15(17-9-10-19(23)21-20-17)12-18(14(13)2)26(24,25)22(3)16-7-5-4-6-8-16/h4-12H,1-3H3,(H,21,23). The molecule has 0 radical (unpaired) electrons. The lowest BCUT2D eigenvalue weighted by molar-refractivity contribution is 0.593. The summed E-state index contributed by atoms with van der Waals surface area (Å²) in [5.41, 5.74) is 2.92. The number of para-hydroxylation sites is 1. The molecule has 7 heteroatoms. The molecule has 0 spiro atoms. The second-order valence-corrected chi connectivity index (χ2v) is 7.97. The van der Waals surface area contributed by atoms with Crippen LogP contribution in [0, 0.1) is 13.8 Å². The van der Waals surface area contributed by atoms with Crippen LogP contribution in [0.2, 0.25) is 0 Å². The van der Waals surface area contributed by atoms with Crippen molar-refractivity contribution in [1.29, 1.82) is 0 Å². The number of aryl methyl sites for hydroxylation is 1. The summed E-state index contributed by atoms with van der Waals surface area (Å²) >= 11 is 0. The van der Waals surface area contributed by atoms with Gasteiger partial charge in [0, 0.05) is 18.7 Å². The summed E-state index contributed by atoms with van der Waals surface area (Å²) in [5, 5.41) is 6.37. The van der Waals surface area contributed by atoms with Crippen molar-refractivity contribution >= 4 is 15.7 Å². The van der Waals surface area contributed by atoms with E-state index in [9.17, 15) is 13.2 Å². The lowest BCUT2D eigenvalue weighted by Gasteiger charge is -2.22. The molecule has 3 rings (SSSR count). The molecule has 2 aromatic carbocycles. The summed E-state index contributed by atoms with van der Waals surface area (Å²) in [6.45, 7) is 3.64. The quantitative estimate of drug-likeness (QED) is 0.766. The van der Waals surface area contributed by atoms with Crippen molar-refractivity contribution in [3.63, 3.8) is 0 Å². The molecule has 0 amide bonds. The summed E-state index contributed by atoms with van der Waals surface area (Å²) in [6, 6.07) is 15.3. The van der Waals surface area contributed by atoms with Gasteiger partial charge >= 0.3 is 0 Å². The Labute approximate surface area is 152 Å². The molecule has 134 valence electrons. The van der Waals surface area contributed by atoms with Crippen LogP contribution in [0.4, 0.5) is 5.69 Å². The molecule has 6 nitrogen and oxygen atoms in total. The molecule has 0 unspecified atom stereocenters. The number of aromatic nitrogens is 2. The van der Waals surface area contributed by atoms with Gasteiger partial charge in [-0.1, -0.05) is 18.2 Å². The third-order valence-corrected chi connectivity index (χ3v) is 6.26. The van der Waals surface area contributed by atoms with Gasteiger partial charge in [-0.05, 0) is 55.3 Å². The lowest BCUT2D eigenvalue weighted by Crippen LogP contribution is -2.27. The maximum Gasteiger partial charge on any atom is 0.264 e. The molecule has 0 saturated carbocycles. The average molecular weight is 369 g/mol. The average Bonchev–Trinajstić information content (AvgIpc) is 2.64. The van der Waals surface area contributed by atoms with Crippen LogP contribution < -0.4 is 9.86 Å². The van der Waals surface area contributed by atoms with E-state index in [1.165, 1.54) is 17.4 Å². The zero-order valence-corrected chi connectivity index (χ0v) is 15.5. The summed E-state index contributed by atoms with van der Waals surface area (Å²) in [6.07, 6.45) is 0. The van der Waals surface area contributed by atoms with Crippen LogP contribution in [0.15, 0.2) is 64.3 Å². The van der Waals surface area contributed by atoms with Crippen LogP contribution in [0.3, 0.4) is 0 Å². The van der Waals surface area contributed by atoms with Crippen molar-refractivity contribution in [2.75, 3.05) is 11.4 Å². The minimum Gasteiger partial charge on any atom is -0.269 e. The van der Waals surface area contributed by atoms with Crippen molar-refractivity contribution in [1.82, 2.24) is 10.2 Å². The van der Waals surface area contributed by atoms with Crippen molar-refractivity contribution in [2.45, 2.75) is 18.7 Å². The second kappa shape index (κ2) is 6.76. The topological polar surface area (TPSA) is 83.1 Å². The minimum absolute atomic E-state index is 0.215. The predicted molar refractivity (Wildman–Crippen MR) is 102 cm³/mol. The Balaban J connectivity index is 2.15. The fourth-order valence-corrected chi connectivity index (χ4v) is 4.19. The first-order valence-corrected chi connectivity index (χ1v) is 9.46. The number of aromatic amines is 1. The van der Waals surface area contributed by atoms with E-state index >= 15 is 0 Å². The molecular weight excluding hydrogens is 350 g/mol. The van der Waals surface area contributed by atoms with Gasteiger partial charge in [-0.3, -0.25) is 9.10 Å². The number of nitrogens with zero attached hydrogens (tertiary/aromatic N) is 2. The van der Waals surface area contributed by atoms with E-state index < -0.39 is 10.0 Å². The van der Waals surface area contributed by atoms with Crippen molar-refractivity contribution in [2.24, 2.45) is 0 Å². The number of anilines is 1. The van der Waals surface area contributed by atoms with Gasteiger partial charge in [0.05, 0.1) is 16.3 Å². The molecule has 0 atom stereocenters. The smallest absolute Gasteiger partial charge is 0.264 e. The van der Waals surface area contributed by atoms with Crippen molar-refractivity contribution < 1.29 is 8.42 Å². The van der Waals surface area contributed by atoms with E-state index in [4.69, 9.17) is 0 Å². The van der Waals surface area contributed by atoms with Gasteiger partial charge in [0.15, 0.2) is 0 Å². The summed E-state index contributed by atoms with van der Waals surface area (Å²) in [4.78, 5) is 11.4. The van der Waals surface area contributed by atoms with Crippen molar-refractivity contribution in [3.8, 4) is 11.3 Å². The highest BCUT2D eigenvalue weighted by atomic mass is 32.2. The maximum absolute atomic E-state index is 13.2. The number of nitrogens with one attached hydrogen (secondary N) is 1. The van der Waals surface area contributed by atoms with Crippen LogP contribution in [-0.2, 0) is 10.0 Å². The highest BCUT2D eigenvalue weighted by Gasteiger charge is 2.25. The predicted octanol–water partition coefficient (Wildman–Crippen LogP) is 2.88. The Morgan fingerprint density at radius 2 is 1.69 bits per heavy atom. The van der Waals surface area contributed by atoms with E-state index in [1.54, 1.807) is 43.3 Å². The van der Waals surface area contributed by atoms with Crippen LogP contribution in [0.25, 0.3) is 11.3 Å². The van der Waals surface area contributed by atoms with Gasteiger partial charge in [0.25, 0.3) is 15.6 Å². The monoisotopic (exact) mass is 369 g/mol. The third-order valence-electron chi connectivity index (χ3n) is 4.35. The zero-order chi connectivity index (χ0) is 18.9. The van der Waals surface area contributed by atoms with Crippen LogP contribution in [0.1, 0.15) is 11.1 Å². The first-order chi connectivity index (χ1) is 12.3. The highest BCUT2D eigenvalue weighted by molar-refractivity contribution is 7.92. The number of hydrogen-bond donors (Lipinski definition) is 1. The number of benzene rings is 2. The Morgan fingerprint density at radius 1 is 1.00 bits per heavy atom. The van der Waals surface area contributed by atoms with E-state index in [2.05, 4.69) is 10.2 Å². The number of sulfonamides is 1. The van der Waals surface area contributed by atoms with Gasteiger partial charge in [-0.25, -0.2) is 13.5 Å². The molecule has 0 aliphatic carbocycles. The molecule has 0 aliphatic rings. The van der Waals surface area contributed by atoms with Crippen LogP contribution in [0.5, 0.6) is 0 Å². The van der Waals surface area contributed by atoms with Crippen LogP contribution >= 0.6 is 0 Å². The second-order valence-electron chi connectivity index (χ2n) is 6.03. The molecule has 1 aromatic heterocycles. The summed E-state index contributed by atoms with van der Waals surface area (Å²) in [7, 11) is -2.22. The van der Waals surface area contributed by atoms with Crippen LogP contribution in [-0.4, -0.2) is 25.7 Å². The molecule has 3 aromatic rings. The summed E-state index contributed by atoms with van der Waals surface area (Å²) in [5.74, 6) is 0. The Kier molecular flexibility index (Phi) is 4.65.